The monoisotopic (exact) mass is 446 g/mol. The van der Waals surface area contributed by atoms with Crippen molar-refractivity contribution in [2.45, 2.75) is 30.3 Å². The van der Waals surface area contributed by atoms with Gasteiger partial charge in [0.25, 0.3) is 0 Å². The molecule has 4 rings (SSSR count). The van der Waals surface area contributed by atoms with Gasteiger partial charge in [0.2, 0.25) is 0 Å². The minimum atomic E-state index is 0.506. The van der Waals surface area contributed by atoms with Crippen LogP contribution in [0.5, 0.6) is 0 Å². The summed E-state index contributed by atoms with van der Waals surface area (Å²) in [6, 6.07) is 17.4. The van der Waals surface area contributed by atoms with E-state index >= 15 is 0 Å². The van der Waals surface area contributed by atoms with Gasteiger partial charge in [-0.2, -0.15) is 0 Å². The maximum absolute atomic E-state index is 7.42. The van der Waals surface area contributed by atoms with Crippen LogP contribution in [-0.4, -0.2) is 48.8 Å². The van der Waals surface area contributed by atoms with Gasteiger partial charge in [0.05, 0.1) is 5.70 Å². The summed E-state index contributed by atoms with van der Waals surface area (Å²) in [5, 5.41) is 25.6. The molecule has 0 radical (unpaired) electrons. The van der Waals surface area contributed by atoms with Crippen molar-refractivity contribution in [1.82, 2.24) is 20.8 Å². The number of piperidine rings is 1. The van der Waals surface area contributed by atoms with E-state index in [0.717, 1.165) is 60.5 Å². The molecule has 0 bridgehead atoms. The molecule has 2 aromatic carbocycles. The Morgan fingerprint density at radius 3 is 2.53 bits per heavy atom. The van der Waals surface area contributed by atoms with Gasteiger partial charge in [-0.05, 0) is 36.8 Å². The Kier molecular flexibility index (Phi) is 7.39. The summed E-state index contributed by atoms with van der Waals surface area (Å²) in [5.41, 5.74) is 2.94. The van der Waals surface area contributed by atoms with E-state index in [4.69, 9.17) is 5.41 Å². The number of fused-ring (bicyclic) bond motifs is 1. The quantitative estimate of drug-likeness (QED) is 0.353. The van der Waals surface area contributed by atoms with Crippen molar-refractivity contribution in [3.63, 3.8) is 0 Å². The first-order valence-corrected chi connectivity index (χ1v) is 12.2. The van der Waals surface area contributed by atoms with Crippen LogP contribution in [0.2, 0.25) is 0 Å². The van der Waals surface area contributed by atoms with Crippen molar-refractivity contribution in [1.29, 1.82) is 5.41 Å². The molecule has 3 N–H and O–H groups in total. The Morgan fingerprint density at radius 2 is 1.81 bits per heavy atom. The maximum atomic E-state index is 7.42. The summed E-state index contributed by atoms with van der Waals surface area (Å²) in [6.07, 6.45) is 7.27. The van der Waals surface area contributed by atoms with Gasteiger partial charge in [-0.3, -0.25) is 0 Å². The number of thioether (sulfide) groups is 1. The molecule has 1 aliphatic rings. The van der Waals surface area contributed by atoms with E-state index < -0.39 is 0 Å². The molecule has 0 spiro atoms. The lowest BCUT2D eigenvalue weighted by molar-refractivity contribution is 0.411. The minimum absolute atomic E-state index is 0.506. The fraction of sp³-hybridized carbons (Fsp3) is 0.320. The Morgan fingerprint density at radius 1 is 1.09 bits per heavy atom. The maximum Gasteiger partial charge on any atom is 0.159 e. The molecule has 2 heterocycles. The second kappa shape index (κ2) is 10.6. The smallest absolute Gasteiger partial charge is 0.159 e. The summed E-state index contributed by atoms with van der Waals surface area (Å²) in [5.74, 6) is 0.945. The molecule has 0 saturated carbocycles. The molecule has 0 unspecified atom stereocenters. The first-order chi connectivity index (χ1) is 15.7. The van der Waals surface area contributed by atoms with Crippen molar-refractivity contribution >= 4 is 40.3 Å². The van der Waals surface area contributed by atoms with E-state index in [1.165, 1.54) is 16.7 Å². The van der Waals surface area contributed by atoms with Crippen molar-refractivity contribution in [2.75, 3.05) is 31.3 Å². The molecule has 1 saturated heterocycles. The van der Waals surface area contributed by atoms with Gasteiger partial charge < -0.3 is 20.9 Å². The zero-order valence-corrected chi connectivity index (χ0v) is 19.5. The first-order valence-electron chi connectivity index (χ1n) is 11.0. The lowest BCUT2D eigenvalue weighted by atomic mass is 10.0. The number of rotatable bonds is 8. The molecule has 166 valence electrons. The fourth-order valence-corrected chi connectivity index (χ4v) is 4.90. The van der Waals surface area contributed by atoms with Crippen LogP contribution < -0.4 is 15.5 Å². The van der Waals surface area contributed by atoms with Crippen molar-refractivity contribution in [2.24, 2.45) is 0 Å². The second-order valence-electron chi connectivity index (χ2n) is 7.87. The summed E-state index contributed by atoms with van der Waals surface area (Å²) in [6.45, 7) is 2.81. The normalized spacial score (nSPS) is 15.2. The van der Waals surface area contributed by atoms with Crippen molar-refractivity contribution < 1.29 is 0 Å². The third-order valence-corrected chi connectivity index (χ3v) is 6.85. The van der Waals surface area contributed by atoms with Gasteiger partial charge >= 0.3 is 0 Å². The molecule has 7 heteroatoms. The zero-order chi connectivity index (χ0) is 22.3. The molecule has 0 amide bonds. The molecule has 6 nitrogen and oxygen atoms in total. The van der Waals surface area contributed by atoms with Crippen LogP contribution in [0.3, 0.4) is 0 Å². The van der Waals surface area contributed by atoms with Crippen LogP contribution in [0.15, 0.2) is 59.5 Å². The number of hydrogen-bond donors (Lipinski definition) is 3. The minimum Gasteiger partial charge on any atom is -0.386 e. The van der Waals surface area contributed by atoms with Crippen molar-refractivity contribution in [3.05, 3.63) is 65.9 Å². The summed E-state index contributed by atoms with van der Waals surface area (Å²) < 4.78 is 0. The predicted octanol–water partition coefficient (Wildman–Crippen LogP) is 4.32. The molecule has 1 aliphatic heterocycles. The van der Waals surface area contributed by atoms with Crippen LogP contribution in [0.25, 0.3) is 16.5 Å². The van der Waals surface area contributed by atoms with Crippen LogP contribution in [0.4, 0.5) is 5.82 Å². The van der Waals surface area contributed by atoms with Gasteiger partial charge in [0, 0.05) is 54.6 Å². The lowest BCUT2D eigenvalue weighted by Crippen LogP contribution is -2.42. The highest BCUT2D eigenvalue weighted by Gasteiger charge is 2.23. The van der Waals surface area contributed by atoms with Gasteiger partial charge in [0.15, 0.2) is 5.82 Å². The molecule has 3 aromatic rings. The third kappa shape index (κ3) is 4.79. The average Bonchev–Trinajstić information content (AvgIpc) is 2.86. The van der Waals surface area contributed by atoms with E-state index in [9.17, 15) is 0 Å². The number of benzene rings is 2. The molecule has 32 heavy (non-hydrogen) atoms. The van der Waals surface area contributed by atoms with Crippen molar-refractivity contribution in [3.8, 4) is 0 Å². The Bertz CT molecular complexity index is 1100. The summed E-state index contributed by atoms with van der Waals surface area (Å²) in [4.78, 5) is 3.70. The zero-order valence-electron chi connectivity index (χ0n) is 18.6. The van der Waals surface area contributed by atoms with Crippen LogP contribution in [-0.2, 0) is 6.54 Å². The number of nitrogens with one attached hydrogen (secondary N) is 3. The highest BCUT2D eigenvalue weighted by Crippen LogP contribution is 2.30. The van der Waals surface area contributed by atoms with E-state index in [1.807, 2.05) is 19.2 Å². The second-order valence-corrected chi connectivity index (χ2v) is 8.72. The van der Waals surface area contributed by atoms with Gasteiger partial charge in [0.1, 0.15) is 5.69 Å². The van der Waals surface area contributed by atoms with Gasteiger partial charge in [-0.1, -0.05) is 42.5 Å². The molecule has 1 aromatic heterocycles. The highest BCUT2D eigenvalue weighted by molar-refractivity contribution is 7.98. The number of allylic oxidation sites excluding steroid dienone is 1. The fourth-order valence-electron chi connectivity index (χ4n) is 4.28. The molecule has 1 fully saturated rings. The molecule has 0 atom stereocenters. The van der Waals surface area contributed by atoms with Crippen LogP contribution in [0.1, 0.15) is 24.1 Å². The van der Waals surface area contributed by atoms with Gasteiger partial charge in [-0.25, -0.2) is 0 Å². The highest BCUT2D eigenvalue weighted by atomic mass is 32.2. The average molecular weight is 447 g/mol. The number of aromatic nitrogens is 2. The largest absolute Gasteiger partial charge is 0.386 e. The first kappa shape index (κ1) is 22.3. The Hall–Kier alpha value is -2.90. The topological polar surface area (TPSA) is 76.9 Å². The molecular formula is C25H30N6S. The van der Waals surface area contributed by atoms with E-state index in [1.54, 1.807) is 17.8 Å². The van der Waals surface area contributed by atoms with Gasteiger partial charge in [-0.15, -0.1) is 22.0 Å². The Labute approximate surface area is 194 Å². The standard InChI is InChI=1S/C25H30N6S/c1-27-22(11-14-26)24-20-8-4-5-9-21(20)25(30-29-24)31-15-12-19(13-16-31)28-17-18-7-3-6-10-23(18)32-2/h3-11,14,19,26-28H,12-13,15-17H2,1-2H3/b22-11-,26-14?. The van der Waals surface area contributed by atoms with Crippen LogP contribution >= 0.6 is 11.8 Å². The molecule has 0 aliphatic carbocycles. The Balaban J connectivity index is 1.47. The number of nitrogens with zero attached hydrogens (tertiary/aromatic N) is 3. The summed E-state index contributed by atoms with van der Waals surface area (Å²) in [7, 11) is 1.84. The third-order valence-electron chi connectivity index (χ3n) is 6.01. The number of anilines is 1. The number of hydrogen-bond acceptors (Lipinski definition) is 7. The lowest BCUT2D eigenvalue weighted by Gasteiger charge is -2.33. The van der Waals surface area contributed by atoms with E-state index in [-0.39, 0.29) is 0 Å². The van der Waals surface area contributed by atoms with E-state index in [0.29, 0.717) is 6.04 Å². The summed E-state index contributed by atoms with van der Waals surface area (Å²) >= 11 is 1.80. The predicted molar refractivity (Wildman–Crippen MR) is 136 cm³/mol. The molecular weight excluding hydrogens is 416 g/mol. The van der Waals surface area contributed by atoms with E-state index in [2.05, 4.69) is 68.4 Å². The van der Waals surface area contributed by atoms with Crippen LogP contribution in [0, 0.1) is 5.41 Å². The SMILES string of the molecule is CN/C(=C\C=N)c1nnc(N2CCC(NCc3ccccc3SC)CC2)c2ccccc12.